The van der Waals surface area contributed by atoms with Crippen LogP contribution in [0.4, 0.5) is 5.13 Å². The molecule has 2 N–H and O–H groups in total. The van der Waals surface area contributed by atoms with Gasteiger partial charge < -0.3 is 5.32 Å². The van der Waals surface area contributed by atoms with Gasteiger partial charge in [-0.3, -0.25) is 14.9 Å². The number of anilines is 1. The molecule has 3 aromatic rings. The summed E-state index contributed by atoms with van der Waals surface area (Å²) in [7, 11) is 0. The molecule has 1 fully saturated rings. The van der Waals surface area contributed by atoms with Gasteiger partial charge in [0.05, 0.1) is 10.3 Å². The van der Waals surface area contributed by atoms with Crippen LogP contribution in [0, 0.1) is 0 Å². The van der Waals surface area contributed by atoms with Gasteiger partial charge in [0.25, 0.3) is 5.91 Å². The molecule has 0 radical (unpaired) electrons. The fraction of sp³-hybridized carbons (Fsp3) is 0.261. The Balaban J connectivity index is 1.37. The maximum atomic E-state index is 12.6. The molecule has 0 bridgehead atoms. The number of hydrogen-bond acceptors (Lipinski definition) is 6. The number of hydrogen-bond donors (Lipinski definition) is 2. The van der Waals surface area contributed by atoms with E-state index in [1.807, 2.05) is 65.3 Å². The van der Waals surface area contributed by atoms with Gasteiger partial charge in [-0.25, -0.2) is 4.98 Å². The molecular weight excluding hydrogens is 446 g/mol. The standard InChI is InChI=1S/C23H23N3O2S3/c1-15(27)24-13-16-3-5-17(6-4-16)20-14-31-23(25-20)26-21(28)18-7-9-19(10-8-18)22-29-11-2-12-30-22/h3-10,14,22H,2,11-13H2,1H3,(H,24,27)(H,25,26,28). The summed E-state index contributed by atoms with van der Waals surface area (Å²) in [5, 5.41) is 8.19. The highest BCUT2D eigenvalue weighted by molar-refractivity contribution is 8.16. The van der Waals surface area contributed by atoms with Crippen molar-refractivity contribution < 1.29 is 9.59 Å². The first-order valence-electron chi connectivity index (χ1n) is 10.0. The highest BCUT2D eigenvalue weighted by atomic mass is 32.2. The molecule has 0 spiro atoms. The van der Waals surface area contributed by atoms with Crippen LogP contribution in [0.15, 0.2) is 53.9 Å². The smallest absolute Gasteiger partial charge is 0.257 e. The highest BCUT2D eigenvalue weighted by Crippen LogP contribution is 2.43. The van der Waals surface area contributed by atoms with Crippen LogP contribution in [0.25, 0.3) is 11.3 Å². The van der Waals surface area contributed by atoms with Crippen LogP contribution >= 0.6 is 34.9 Å². The number of benzene rings is 2. The van der Waals surface area contributed by atoms with Gasteiger partial charge in [0.2, 0.25) is 5.91 Å². The molecule has 0 saturated carbocycles. The third-order valence-electron chi connectivity index (χ3n) is 4.79. The number of aromatic nitrogens is 1. The Morgan fingerprint density at radius 1 is 1.03 bits per heavy atom. The van der Waals surface area contributed by atoms with Crippen LogP contribution in [0.2, 0.25) is 0 Å². The minimum Gasteiger partial charge on any atom is -0.352 e. The third-order valence-corrected chi connectivity index (χ3v) is 8.56. The van der Waals surface area contributed by atoms with E-state index in [1.54, 1.807) is 0 Å². The van der Waals surface area contributed by atoms with E-state index in [2.05, 4.69) is 27.8 Å². The zero-order valence-corrected chi connectivity index (χ0v) is 19.5. The van der Waals surface area contributed by atoms with Crippen molar-refractivity contribution in [3.05, 3.63) is 70.6 Å². The molecule has 1 aliphatic heterocycles. The maximum absolute atomic E-state index is 12.6. The van der Waals surface area contributed by atoms with Gasteiger partial charge in [0.15, 0.2) is 5.13 Å². The molecule has 0 atom stereocenters. The van der Waals surface area contributed by atoms with Gasteiger partial charge in [0.1, 0.15) is 0 Å². The lowest BCUT2D eigenvalue weighted by atomic mass is 10.1. The van der Waals surface area contributed by atoms with Gasteiger partial charge in [-0.2, -0.15) is 0 Å². The second kappa shape index (κ2) is 10.3. The van der Waals surface area contributed by atoms with Crippen molar-refractivity contribution in [3.63, 3.8) is 0 Å². The van der Waals surface area contributed by atoms with E-state index in [-0.39, 0.29) is 11.8 Å². The molecule has 4 rings (SSSR count). The lowest BCUT2D eigenvalue weighted by Gasteiger charge is -2.21. The lowest BCUT2D eigenvalue weighted by molar-refractivity contribution is -0.119. The minimum absolute atomic E-state index is 0.0506. The fourth-order valence-electron chi connectivity index (χ4n) is 3.12. The first-order chi connectivity index (χ1) is 15.1. The summed E-state index contributed by atoms with van der Waals surface area (Å²) in [6.07, 6.45) is 1.27. The number of carbonyl (C=O) groups excluding carboxylic acids is 2. The SMILES string of the molecule is CC(=O)NCc1ccc(-c2csc(NC(=O)c3ccc(C4SCCCS4)cc3)n2)cc1. The number of rotatable bonds is 6. The van der Waals surface area contributed by atoms with E-state index in [0.29, 0.717) is 21.8 Å². The molecule has 1 aromatic heterocycles. The number of nitrogens with one attached hydrogen (secondary N) is 2. The van der Waals surface area contributed by atoms with E-state index in [4.69, 9.17) is 0 Å². The monoisotopic (exact) mass is 469 g/mol. The first-order valence-corrected chi connectivity index (χ1v) is 13.0. The van der Waals surface area contributed by atoms with E-state index < -0.39 is 0 Å². The summed E-state index contributed by atoms with van der Waals surface area (Å²) in [6.45, 7) is 2.01. The summed E-state index contributed by atoms with van der Waals surface area (Å²) < 4.78 is 0.469. The summed E-state index contributed by atoms with van der Waals surface area (Å²) >= 11 is 5.35. The largest absolute Gasteiger partial charge is 0.352 e. The molecule has 8 heteroatoms. The Morgan fingerprint density at radius 2 is 1.74 bits per heavy atom. The van der Waals surface area contributed by atoms with Crippen molar-refractivity contribution in [1.29, 1.82) is 0 Å². The van der Waals surface area contributed by atoms with Crippen molar-refractivity contribution in [3.8, 4) is 11.3 Å². The molecule has 0 unspecified atom stereocenters. The van der Waals surface area contributed by atoms with E-state index in [1.165, 1.54) is 41.8 Å². The van der Waals surface area contributed by atoms with Crippen molar-refractivity contribution in [1.82, 2.24) is 10.3 Å². The molecule has 31 heavy (non-hydrogen) atoms. The van der Waals surface area contributed by atoms with E-state index in [9.17, 15) is 9.59 Å². The Morgan fingerprint density at radius 3 is 2.42 bits per heavy atom. The van der Waals surface area contributed by atoms with Gasteiger partial charge in [-0.1, -0.05) is 36.4 Å². The number of nitrogens with zero attached hydrogens (tertiary/aromatic N) is 1. The lowest BCUT2D eigenvalue weighted by Crippen LogP contribution is -2.18. The number of amides is 2. The Kier molecular flexibility index (Phi) is 7.32. The predicted molar refractivity (Wildman–Crippen MR) is 132 cm³/mol. The summed E-state index contributed by atoms with van der Waals surface area (Å²) in [5.74, 6) is 2.20. The van der Waals surface area contributed by atoms with Crippen molar-refractivity contribution >= 4 is 51.8 Å². The zero-order chi connectivity index (χ0) is 21.6. The second-order valence-corrected chi connectivity index (χ2v) is 10.7. The van der Waals surface area contributed by atoms with Crippen LogP contribution < -0.4 is 10.6 Å². The molecular formula is C23H23N3O2S3. The maximum Gasteiger partial charge on any atom is 0.257 e. The van der Waals surface area contributed by atoms with Crippen molar-refractivity contribution in [2.24, 2.45) is 0 Å². The molecule has 2 aromatic carbocycles. The number of thioether (sulfide) groups is 2. The number of carbonyl (C=O) groups is 2. The fourth-order valence-corrected chi connectivity index (χ4v) is 6.73. The number of thiazole rings is 1. The summed E-state index contributed by atoms with van der Waals surface area (Å²) in [6, 6.07) is 15.8. The molecule has 0 aliphatic carbocycles. The Labute approximate surface area is 194 Å². The predicted octanol–water partition coefficient (Wildman–Crippen LogP) is 5.57. The summed E-state index contributed by atoms with van der Waals surface area (Å²) in [5.41, 5.74) is 4.71. The van der Waals surface area contributed by atoms with Crippen LogP contribution in [0.3, 0.4) is 0 Å². The van der Waals surface area contributed by atoms with Gasteiger partial charge in [-0.05, 0) is 41.2 Å². The Bertz CT molecular complexity index is 1040. The minimum atomic E-state index is -0.151. The second-order valence-electron chi connectivity index (χ2n) is 7.15. The van der Waals surface area contributed by atoms with Gasteiger partial charge in [0, 0.05) is 30.0 Å². The van der Waals surface area contributed by atoms with Gasteiger partial charge in [-0.15, -0.1) is 34.9 Å². The zero-order valence-electron chi connectivity index (χ0n) is 17.1. The molecule has 2 heterocycles. The van der Waals surface area contributed by atoms with E-state index in [0.717, 1.165) is 16.8 Å². The van der Waals surface area contributed by atoms with Crippen LogP contribution in [-0.2, 0) is 11.3 Å². The summed E-state index contributed by atoms with van der Waals surface area (Å²) in [4.78, 5) is 28.2. The highest BCUT2D eigenvalue weighted by Gasteiger charge is 2.17. The third kappa shape index (κ3) is 5.90. The average Bonchev–Trinajstić information content (AvgIpc) is 3.27. The normalized spacial score (nSPS) is 14.2. The van der Waals surface area contributed by atoms with Crippen molar-refractivity contribution in [2.45, 2.75) is 24.5 Å². The molecule has 160 valence electrons. The topological polar surface area (TPSA) is 71.1 Å². The van der Waals surface area contributed by atoms with Crippen LogP contribution in [0.1, 0.15) is 39.4 Å². The van der Waals surface area contributed by atoms with Gasteiger partial charge >= 0.3 is 0 Å². The molecule has 2 amide bonds. The first kappa shape index (κ1) is 21.9. The average molecular weight is 470 g/mol. The molecule has 5 nitrogen and oxygen atoms in total. The van der Waals surface area contributed by atoms with Crippen molar-refractivity contribution in [2.75, 3.05) is 16.8 Å². The van der Waals surface area contributed by atoms with Crippen LogP contribution in [-0.4, -0.2) is 28.3 Å². The molecule has 1 saturated heterocycles. The Hall–Kier alpha value is -2.29. The van der Waals surface area contributed by atoms with Crippen LogP contribution in [0.5, 0.6) is 0 Å². The van der Waals surface area contributed by atoms with E-state index >= 15 is 0 Å². The quantitative estimate of drug-likeness (QED) is 0.494. The molecule has 1 aliphatic rings.